The van der Waals surface area contributed by atoms with E-state index in [1.807, 2.05) is 47.4 Å². The number of anilines is 1. The van der Waals surface area contributed by atoms with Crippen LogP contribution < -0.4 is 9.64 Å². The molecule has 0 radical (unpaired) electrons. The lowest BCUT2D eigenvalue weighted by Crippen LogP contribution is -2.44. The topological polar surface area (TPSA) is 35.9 Å². The number of aliphatic hydroxyl groups is 1. The van der Waals surface area contributed by atoms with Gasteiger partial charge >= 0.3 is 0 Å². The molecule has 0 spiro atoms. The Morgan fingerprint density at radius 2 is 1.92 bits per heavy atom. The first-order valence-electron chi connectivity index (χ1n) is 8.01. The Morgan fingerprint density at radius 3 is 2.58 bits per heavy atom. The Labute approximate surface area is 151 Å². The van der Waals surface area contributed by atoms with E-state index in [4.69, 9.17) is 4.74 Å². The van der Waals surface area contributed by atoms with Gasteiger partial charge in [0.15, 0.2) is 6.35 Å². The molecule has 0 bridgehead atoms. The molecular weight excluding hydrogens is 368 g/mol. The summed E-state index contributed by atoms with van der Waals surface area (Å²) in [5, 5.41) is 10.9. The predicted octanol–water partition coefficient (Wildman–Crippen LogP) is 3.83. The molecule has 0 amide bonds. The van der Waals surface area contributed by atoms with Crippen LogP contribution in [-0.4, -0.2) is 35.6 Å². The highest BCUT2D eigenvalue weighted by Crippen LogP contribution is 2.34. The van der Waals surface area contributed by atoms with Gasteiger partial charge in [-0.3, -0.25) is 0 Å². The second-order valence-corrected chi connectivity index (χ2v) is 7.66. The van der Waals surface area contributed by atoms with Crippen molar-refractivity contribution in [1.29, 1.82) is 0 Å². The molecule has 1 N–H and O–H groups in total. The zero-order valence-corrected chi connectivity index (χ0v) is 15.8. The molecular formula is C19H23BrN2O2. The van der Waals surface area contributed by atoms with Crippen molar-refractivity contribution >= 4 is 21.6 Å². The average Bonchev–Trinajstić information content (AvgIpc) is 2.79. The van der Waals surface area contributed by atoms with E-state index in [2.05, 4.69) is 40.7 Å². The Balaban J connectivity index is 1.83. The zero-order valence-electron chi connectivity index (χ0n) is 14.2. The number of rotatable bonds is 4. The van der Waals surface area contributed by atoms with E-state index in [1.165, 1.54) is 0 Å². The Morgan fingerprint density at radius 1 is 1.21 bits per heavy atom. The highest BCUT2D eigenvalue weighted by Gasteiger charge is 2.43. The molecule has 5 heteroatoms. The van der Waals surface area contributed by atoms with Gasteiger partial charge < -0.3 is 14.7 Å². The van der Waals surface area contributed by atoms with Gasteiger partial charge in [-0.25, -0.2) is 4.90 Å². The Kier molecular flexibility index (Phi) is 4.85. The van der Waals surface area contributed by atoms with Crippen molar-refractivity contribution < 1.29 is 9.84 Å². The quantitative estimate of drug-likeness (QED) is 0.860. The van der Waals surface area contributed by atoms with Crippen LogP contribution in [0.3, 0.4) is 0 Å². The standard InChI is InChI=1S/C19H23BrN2O2/c1-19(2)13-21(16-9-7-15(20)8-10-16)18(23)22(19)12-14-5-4-6-17(11-14)24-3/h4-11,18,23H,12-13H2,1-3H3. The van der Waals surface area contributed by atoms with Crippen LogP contribution in [0.4, 0.5) is 5.69 Å². The lowest BCUT2D eigenvalue weighted by Gasteiger charge is -2.32. The highest BCUT2D eigenvalue weighted by molar-refractivity contribution is 9.10. The molecule has 0 saturated carbocycles. The first-order chi connectivity index (χ1) is 11.4. The van der Waals surface area contributed by atoms with Crippen molar-refractivity contribution in [3.05, 3.63) is 58.6 Å². The molecule has 3 rings (SSSR count). The van der Waals surface area contributed by atoms with E-state index in [-0.39, 0.29) is 5.54 Å². The Bertz CT molecular complexity index is 703. The van der Waals surface area contributed by atoms with Gasteiger partial charge in [0.1, 0.15) is 5.75 Å². The van der Waals surface area contributed by atoms with Crippen molar-refractivity contribution in [2.45, 2.75) is 32.3 Å². The normalized spacial score (nSPS) is 20.4. The molecule has 2 aromatic carbocycles. The van der Waals surface area contributed by atoms with Gasteiger partial charge in [0.2, 0.25) is 0 Å². The fourth-order valence-corrected chi connectivity index (χ4v) is 3.45. The van der Waals surface area contributed by atoms with Crippen molar-refractivity contribution in [2.75, 3.05) is 18.6 Å². The molecule has 4 nitrogen and oxygen atoms in total. The van der Waals surface area contributed by atoms with Crippen LogP contribution >= 0.6 is 15.9 Å². The molecule has 1 heterocycles. The van der Waals surface area contributed by atoms with Gasteiger partial charge in [-0.2, -0.15) is 0 Å². The summed E-state index contributed by atoms with van der Waals surface area (Å²) < 4.78 is 6.34. The smallest absolute Gasteiger partial charge is 0.187 e. The highest BCUT2D eigenvalue weighted by atomic mass is 79.9. The predicted molar refractivity (Wildman–Crippen MR) is 100 cm³/mol. The summed E-state index contributed by atoms with van der Waals surface area (Å²) in [5.74, 6) is 0.837. The van der Waals surface area contributed by atoms with Crippen LogP contribution in [0.1, 0.15) is 19.4 Å². The number of aliphatic hydroxyl groups excluding tert-OH is 1. The number of hydrogen-bond acceptors (Lipinski definition) is 4. The molecule has 2 aromatic rings. The van der Waals surface area contributed by atoms with Gasteiger partial charge in [-0.05, 0) is 55.8 Å². The third-order valence-corrected chi connectivity index (χ3v) is 5.07. The number of benzene rings is 2. The Hall–Kier alpha value is -1.56. The summed E-state index contributed by atoms with van der Waals surface area (Å²) in [4.78, 5) is 4.15. The molecule has 1 aliphatic heterocycles. The second-order valence-electron chi connectivity index (χ2n) is 6.74. The van der Waals surface area contributed by atoms with Crippen LogP contribution in [-0.2, 0) is 6.54 Å². The van der Waals surface area contributed by atoms with Crippen molar-refractivity contribution in [2.24, 2.45) is 0 Å². The van der Waals surface area contributed by atoms with Gasteiger partial charge in [-0.15, -0.1) is 0 Å². The van der Waals surface area contributed by atoms with E-state index in [0.29, 0.717) is 6.54 Å². The molecule has 24 heavy (non-hydrogen) atoms. The maximum absolute atomic E-state index is 10.9. The van der Waals surface area contributed by atoms with Crippen LogP contribution in [0.25, 0.3) is 0 Å². The minimum Gasteiger partial charge on any atom is -0.497 e. The summed E-state index contributed by atoms with van der Waals surface area (Å²) in [6, 6.07) is 16.0. The number of nitrogens with zero attached hydrogens (tertiary/aromatic N) is 2. The molecule has 1 saturated heterocycles. The molecule has 0 aliphatic carbocycles. The minimum absolute atomic E-state index is 0.143. The molecule has 1 fully saturated rings. The van der Waals surface area contributed by atoms with Crippen LogP contribution in [0.5, 0.6) is 5.75 Å². The lowest BCUT2D eigenvalue weighted by molar-refractivity contribution is -0.0122. The minimum atomic E-state index is -0.660. The van der Waals surface area contributed by atoms with E-state index in [9.17, 15) is 5.11 Å². The third kappa shape index (κ3) is 3.43. The number of hydrogen-bond donors (Lipinski definition) is 1. The van der Waals surface area contributed by atoms with Crippen LogP contribution in [0, 0.1) is 0 Å². The van der Waals surface area contributed by atoms with E-state index in [1.54, 1.807) is 7.11 Å². The summed E-state index contributed by atoms with van der Waals surface area (Å²) in [6.45, 7) is 5.75. The SMILES string of the molecule is COc1cccc(CN2C(O)N(c3ccc(Br)cc3)CC2(C)C)c1. The van der Waals surface area contributed by atoms with Crippen LogP contribution in [0.2, 0.25) is 0 Å². The van der Waals surface area contributed by atoms with Gasteiger partial charge in [0.25, 0.3) is 0 Å². The first-order valence-corrected chi connectivity index (χ1v) is 8.80. The fraction of sp³-hybridized carbons (Fsp3) is 0.368. The number of methoxy groups -OCH3 is 1. The summed E-state index contributed by atoms with van der Waals surface area (Å²) in [6.07, 6.45) is -0.660. The first kappa shape index (κ1) is 17.3. The van der Waals surface area contributed by atoms with E-state index < -0.39 is 6.35 Å². The largest absolute Gasteiger partial charge is 0.497 e. The molecule has 1 aliphatic rings. The van der Waals surface area contributed by atoms with Crippen molar-refractivity contribution in [3.8, 4) is 5.75 Å². The van der Waals surface area contributed by atoms with Crippen molar-refractivity contribution in [3.63, 3.8) is 0 Å². The summed E-state index contributed by atoms with van der Waals surface area (Å²) in [5.41, 5.74) is 2.00. The number of halogens is 1. The molecule has 128 valence electrons. The van der Waals surface area contributed by atoms with E-state index in [0.717, 1.165) is 28.0 Å². The van der Waals surface area contributed by atoms with E-state index >= 15 is 0 Å². The van der Waals surface area contributed by atoms with Crippen LogP contribution in [0.15, 0.2) is 53.0 Å². The van der Waals surface area contributed by atoms with Crippen molar-refractivity contribution in [1.82, 2.24) is 4.90 Å². The maximum Gasteiger partial charge on any atom is 0.187 e. The lowest BCUT2D eigenvalue weighted by atomic mass is 10.0. The molecule has 1 unspecified atom stereocenters. The fourth-order valence-electron chi connectivity index (χ4n) is 3.19. The van der Waals surface area contributed by atoms with Gasteiger partial charge in [0, 0.05) is 28.8 Å². The zero-order chi connectivity index (χ0) is 17.3. The summed E-state index contributed by atoms with van der Waals surface area (Å²) >= 11 is 3.46. The monoisotopic (exact) mass is 390 g/mol. The van der Waals surface area contributed by atoms with Gasteiger partial charge in [0.05, 0.1) is 7.11 Å². The molecule has 0 aromatic heterocycles. The second kappa shape index (κ2) is 6.75. The third-order valence-electron chi connectivity index (χ3n) is 4.54. The number of ether oxygens (including phenoxy) is 1. The molecule has 1 atom stereocenters. The van der Waals surface area contributed by atoms with Gasteiger partial charge in [-0.1, -0.05) is 28.1 Å². The summed E-state index contributed by atoms with van der Waals surface area (Å²) in [7, 11) is 1.67. The average molecular weight is 391 g/mol. The maximum atomic E-state index is 10.9.